The van der Waals surface area contributed by atoms with E-state index in [0.717, 1.165) is 18.7 Å². The van der Waals surface area contributed by atoms with E-state index in [-0.39, 0.29) is 6.10 Å². The van der Waals surface area contributed by atoms with Crippen molar-refractivity contribution in [2.45, 2.75) is 59.1 Å². The number of nitrogens with one attached hydrogen (secondary N) is 1. The molecule has 0 bridgehead atoms. The largest absolute Gasteiger partial charge is 0.489 e. The van der Waals surface area contributed by atoms with Gasteiger partial charge in [0, 0.05) is 12.6 Å². The molecular weight excluding hydrogens is 222 g/mol. The molecule has 0 aliphatic carbocycles. The van der Waals surface area contributed by atoms with Gasteiger partial charge in [0.25, 0.3) is 0 Å². The maximum Gasteiger partial charge on any atom is 0.119 e. The number of hydrogen-bond acceptors (Lipinski definition) is 2. The Labute approximate surface area is 112 Å². The van der Waals surface area contributed by atoms with Gasteiger partial charge in [0.05, 0.1) is 0 Å². The summed E-state index contributed by atoms with van der Waals surface area (Å²) in [5.74, 6) is 1.54. The van der Waals surface area contributed by atoms with Crippen LogP contribution in [0.3, 0.4) is 0 Å². The summed E-state index contributed by atoms with van der Waals surface area (Å²) in [4.78, 5) is 0. The van der Waals surface area contributed by atoms with E-state index in [1.807, 2.05) is 0 Å². The predicted molar refractivity (Wildman–Crippen MR) is 78.4 cm³/mol. The number of hydrogen-bond donors (Lipinski definition) is 1. The molecule has 0 amide bonds. The molecule has 0 spiro atoms. The summed E-state index contributed by atoms with van der Waals surface area (Å²) in [6, 6.07) is 8.97. The van der Waals surface area contributed by atoms with Gasteiger partial charge in [0.15, 0.2) is 0 Å². The van der Waals surface area contributed by atoms with Crippen molar-refractivity contribution in [3.63, 3.8) is 0 Å². The maximum absolute atomic E-state index is 5.99. The summed E-state index contributed by atoms with van der Waals surface area (Å²) >= 11 is 0. The molecule has 0 aliphatic rings. The first-order valence-electron chi connectivity index (χ1n) is 7.03. The van der Waals surface area contributed by atoms with E-state index >= 15 is 0 Å². The van der Waals surface area contributed by atoms with Crippen molar-refractivity contribution in [1.29, 1.82) is 0 Å². The van der Waals surface area contributed by atoms with Crippen LogP contribution in [0.2, 0.25) is 0 Å². The van der Waals surface area contributed by atoms with Gasteiger partial charge in [-0.1, -0.05) is 46.8 Å². The third-order valence-corrected chi connectivity index (χ3v) is 3.06. The van der Waals surface area contributed by atoms with Gasteiger partial charge in [-0.05, 0) is 30.0 Å². The molecule has 1 N–H and O–H groups in total. The van der Waals surface area contributed by atoms with Crippen molar-refractivity contribution >= 4 is 0 Å². The van der Waals surface area contributed by atoms with E-state index in [2.05, 4.69) is 64.2 Å². The molecule has 1 aromatic rings. The molecule has 2 heteroatoms. The third-order valence-electron chi connectivity index (χ3n) is 3.06. The zero-order chi connectivity index (χ0) is 13.5. The normalized spacial score (nSPS) is 13.1. The molecule has 18 heavy (non-hydrogen) atoms. The average molecular weight is 249 g/mol. The first-order valence-corrected chi connectivity index (χ1v) is 7.03. The second-order valence-electron chi connectivity index (χ2n) is 5.43. The third kappa shape index (κ3) is 5.09. The monoisotopic (exact) mass is 249 g/mol. The zero-order valence-electron chi connectivity index (χ0n) is 12.4. The minimum Gasteiger partial charge on any atom is -0.489 e. The van der Waals surface area contributed by atoms with Gasteiger partial charge in [-0.3, -0.25) is 0 Å². The van der Waals surface area contributed by atoms with E-state index in [9.17, 15) is 0 Å². The highest BCUT2D eigenvalue weighted by Crippen LogP contribution is 2.19. The molecule has 102 valence electrons. The minimum absolute atomic E-state index is 0.247. The summed E-state index contributed by atoms with van der Waals surface area (Å²) in [6.45, 7) is 11.8. The molecular formula is C16H27NO. The molecule has 0 radical (unpaired) electrons. The van der Waals surface area contributed by atoms with E-state index < -0.39 is 0 Å². The minimum atomic E-state index is 0.247. The predicted octanol–water partition coefficient (Wildman–Crippen LogP) is 3.97. The molecule has 0 fully saturated rings. The summed E-state index contributed by atoms with van der Waals surface area (Å²) < 4.78 is 5.99. The van der Waals surface area contributed by atoms with Crippen molar-refractivity contribution in [3.8, 4) is 5.75 Å². The van der Waals surface area contributed by atoms with Crippen molar-refractivity contribution in [3.05, 3.63) is 29.8 Å². The molecule has 2 nitrogen and oxygen atoms in total. The summed E-state index contributed by atoms with van der Waals surface area (Å²) in [6.07, 6.45) is 1.27. The Morgan fingerprint density at radius 2 is 1.67 bits per heavy atom. The van der Waals surface area contributed by atoms with E-state index in [0.29, 0.717) is 12.0 Å². The standard InChI is InChI=1S/C16H27NO/c1-6-15(11-17-13(4)5)18-16-9-7-14(8-10-16)12(2)3/h7-10,12-13,15,17H,6,11H2,1-5H3. The first kappa shape index (κ1) is 15.0. The van der Waals surface area contributed by atoms with E-state index in [1.54, 1.807) is 0 Å². The molecule has 1 unspecified atom stereocenters. The Balaban J connectivity index is 2.53. The zero-order valence-corrected chi connectivity index (χ0v) is 12.4. The van der Waals surface area contributed by atoms with Crippen LogP contribution in [0.4, 0.5) is 0 Å². The lowest BCUT2D eigenvalue weighted by Crippen LogP contribution is -2.34. The van der Waals surface area contributed by atoms with Crippen LogP contribution in [0.5, 0.6) is 5.75 Å². The second-order valence-corrected chi connectivity index (χ2v) is 5.43. The fourth-order valence-electron chi connectivity index (χ4n) is 1.76. The van der Waals surface area contributed by atoms with Crippen LogP contribution in [0.25, 0.3) is 0 Å². The van der Waals surface area contributed by atoms with Crippen LogP contribution in [0.15, 0.2) is 24.3 Å². The van der Waals surface area contributed by atoms with Crippen molar-refractivity contribution in [2.75, 3.05) is 6.54 Å². The van der Waals surface area contributed by atoms with Gasteiger partial charge in [0.2, 0.25) is 0 Å². The Kier molecular flexibility index (Phi) is 6.20. The molecule has 1 rings (SSSR count). The van der Waals surface area contributed by atoms with Gasteiger partial charge >= 0.3 is 0 Å². The topological polar surface area (TPSA) is 21.3 Å². The maximum atomic E-state index is 5.99. The highest BCUT2D eigenvalue weighted by Gasteiger charge is 2.09. The first-order chi connectivity index (χ1) is 8.52. The highest BCUT2D eigenvalue weighted by atomic mass is 16.5. The van der Waals surface area contributed by atoms with Crippen molar-refractivity contribution in [1.82, 2.24) is 5.32 Å². The van der Waals surface area contributed by atoms with Gasteiger partial charge < -0.3 is 10.1 Å². The number of rotatable bonds is 7. The quantitative estimate of drug-likeness (QED) is 0.789. The molecule has 0 saturated carbocycles. The fraction of sp³-hybridized carbons (Fsp3) is 0.625. The van der Waals surface area contributed by atoms with Gasteiger partial charge in [-0.25, -0.2) is 0 Å². The van der Waals surface area contributed by atoms with Gasteiger partial charge in [-0.15, -0.1) is 0 Å². The molecule has 0 heterocycles. The van der Waals surface area contributed by atoms with Crippen molar-refractivity contribution < 1.29 is 4.74 Å². The second kappa shape index (κ2) is 7.42. The Morgan fingerprint density at radius 1 is 1.06 bits per heavy atom. The summed E-state index contributed by atoms with van der Waals surface area (Å²) in [5.41, 5.74) is 1.36. The van der Waals surface area contributed by atoms with Crippen LogP contribution in [0, 0.1) is 0 Å². The SMILES string of the molecule is CCC(CNC(C)C)Oc1ccc(C(C)C)cc1. The molecule has 1 aromatic carbocycles. The number of ether oxygens (including phenoxy) is 1. The Hall–Kier alpha value is -1.02. The molecule has 0 aromatic heterocycles. The average Bonchev–Trinajstić information content (AvgIpc) is 2.34. The molecule has 0 saturated heterocycles. The van der Waals surface area contributed by atoms with E-state index in [1.165, 1.54) is 5.56 Å². The Bertz CT molecular complexity index is 329. The van der Waals surface area contributed by atoms with Gasteiger partial charge in [0.1, 0.15) is 11.9 Å². The van der Waals surface area contributed by atoms with Crippen LogP contribution in [-0.4, -0.2) is 18.7 Å². The highest BCUT2D eigenvalue weighted by molar-refractivity contribution is 5.29. The lowest BCUT2D eigenvalue weighted by Gasteiger charge is -2.20. The van der Waals surface area contributed by atoms with Crippen LogP contribution >= 0.6 is 0 Å². The molecule has 1 atom stereocenters. The summed E-state index contributed by atoms with van der Waals surface area (Å²) in [5, 5.41) is 3.42. The smallest absolute Gasteiger partial charge is 0.119 e. The summed E-state index contributed by atoms with van der Waals surface area (Å²) in [7, 11) is 0. The lowest BCUT2D eigenvalue weighted by molar-refractivity contribution is 0.190. The van der Waals surface area contributed by atoms with Crippen molar-refractivity contribution in [2.24, 2.45) is 0 Å². The van der Waals surface area contributed by atoms with E-state index in [4.69, 9.17) is 4.74 Å². The lowest BCUT2D eigenvalue weighted by atomic mass is 10.0. The fourth-order valence-corrected chi connectivity index (χ4v) is 1.76. The van der Waals surface area contributed by atoms with Crippen LogP contribution < -0.4 is 10.1 Å². The Morgan fingerprint density at radius 3 is 2.11 bits per heavy atom. The number of benzene rings is 1. The van der Waals surface area contributed by atoms with Crippen LogP contribution in [-0.2, 0) is 0 Å². The van der Waals surface area contributed by atoms with Crippen LogP contribution in [0.1, 0.15) is 52.5 Å². The van der Waals surface area contributed by atoms with Gasteiger partial charge in [-0.2, -0.15) is 0 Å². The molecule has 0 aliphatic heterocycles.